The molecule has 1 aromatic heterocycles. The van der Waals surface area contributed by atoms with Crippen molar-refractivity contribution < 1.29 is 0 Å². The fourth-order valence-electron chi connectivity index (χ4n) is 7.03. The average molecular weight is 641 g/mol. The maximum atomic E-state index is 5.23. The Morgan fingerprint density at radius 2 is 1.22 bits per heavy atom. The Hall–Kier alpha value is -6.52. The Kier molecular flexibility index (Phi) is 7.21. The summed E-state index contributed by atoms with van der Waals surface area (Å²) in [5, 5.41) is 1.09. The van der Waals surface area contributed by atoms with Gasteiger partial charge in [0.05, 0.1) is 39.4 Å². The van der Waals surface area contributed by atoms with Gasteiger partial charge in [-0.1, -0.05) is 146 Å². The molecular weight excluding hydrogens is 609 g/mol. The summed E-state index contributed by atoms with van der Waals surface area (Å²) >= 11 is 0. The molecule has 236 valence electrons. The van der Waals surface area contributed by atoms with Gasteiger partial charge in [0.25, 0.3) is 0 Å². The van der Waals surface area contributed by atoms with Crippen LogP contribution in [0.1, 0.15) is 29.2 Å². The van der Waals surface area contributed by atoms with Gasteiger partial charge in [-0.05, 0) is 48.4 Å². The highest BCUT2D eigenvalue weighted by atomic mass is 14.9. The first-order valence-corrected chi connectivity index (χ1v) is 16.9. The molecule has 4 heteroatoms. The minimum atomic E-state index is -0.325. The highest BCUT2D eigenvalue weighted by Crippen LogP contribution is 2.50. The maximum Gasteiger partial charge on any atom is 0.160 e. The standard InChI is InChI=1S/C46H32N4/c1-46-29-11-10-24-41(46)50-44-37-20-8-9-21-40(37)47-43(42(44)46)33-27-25-31(26-28-33)35-18-12-19-36(30-35)39-23-13-22-38(32-14-4-2-5-15-32)48-45(49-39)34-16-6-3-7-17-34/h2-30H,1H3/b22-13+,23-13?,38-22?,39-23?,48-38?,48-45?,49-39?,49-45?/t46-/m0/s1. The lowest BCUT2D eigenvalue weighted by Gasteiger charge is -2.26. The Morgan fingerprint density at radius 1 is 0.520 bits per heavy atom. The molecule has 1 atom stereocenters. The zero-order valence-corrected chi connectivity index (χ0v) is 27.5. The molecule has 3 aliphatic rings. The van der Waals surface area contributed by atoms with E-state index in [2.05, 4.69) is 134 Å². The number of fused-ring (bicyclic) bond motifs is 5. The van der Waals surface area contributed by atoms with Crippen LogP contribution in [0.25, 0.3) is 39.0 Å². The Bertz CT molecular complexity index is 2510. The van der Waals surface area contributed by atoms with Gasteiger partial charge in [0, 0.05) is 33.2 Å². The van der Waals surface area contributed by atoms with Crippen molar-refractivity contribution in [3.8, 4) is 22.4 Å². The van der Waals surface area contributed by atoms with Gasteiger partial charge in [-0.25, -0.2) is 15.0 Å². The van der Waals surface area contributed by atoms with Crippen LogP contribution >= 0.6 is 0 Å². The van der Waals surface area contributed by atoms with Crippen molar-refractivity contribution in [2.75, 3.05) is 0 Å². The van der Waals surface area contributed by atoms with Crippen LogP contribution in [0.15, 0.2) is 191 Å². The number of nitrogens with zero attached hydrogens (tertiary/aromatic N) is 4. The van der Waals surface area contributed by atoms with Gasteiger partial charge in [-0.3, -0.25) is 4.99 Å². The molecular formula is C46H32N4. The molecule has 3 heterocycles. The normalized spacial score (nSPS) is 18.3. The van der Waals surface area contributed by atoms with E-state index in [0.29, 0.717) is 5.84 Å². The molecule has 0 spiro atoms. The second kappa shape index (κ2) is 12.2. The molecule has 0 unspecified atom stereocenters. The Labute approximate surface area is 291 Å². The summed E-state index contributed by atoms with van der Waals surface area (Å²) in [6, 6.07) is 46.0. The van der Waals surface area contributed by atoms with Gasteiger partial charge in [0.2, 0.25) is 0 Å². The minimum Gasteiger partial charge on any atom is -0.251 e. The van der Waals surface area contributed by atoms with Gasteiger partial charge in [-0.15, -0.1) is 0 Å². The van der Waals surface area contributed by atoms with Gasteiger partial charge < -0.3 is 0 Å². The summed E-state index contributed by atoms with van der Waals surface area (Å²) in [5.41, 5.74) is 12.9. The minimum absolute atomic E-state index is 0.325. The molecule has 1 aliphatic carbocycles. The second-order valence-corrected chi connectivity index (χ2v) is 12.9. The summed E-state index contributed by atoms with van der Waals surface area (Å²) < 4.78 is 0. The van der Waals surface area contributed by atoms with Crippen LogP contribution in [0.3, 0.4) is 0 Å². The summed E-state index contributed by atoms with van der Waals surface area (Å²) in [4.78, 5) is 20.6. The molecule has 0 saturated carbocycles. The number of pyridine rings is 1. The van der Waals surface area contributed by atoms with E-state index in [0.717, 1.165) is 78.3 Å². The fourth-order valence-corrected chi connectivity index (χ4v) is 7.03. The number of allylic oxidation sites excluding steroid dienone is 7. The lowest BCUT2D eigenvalue weighted by molar-refractivity contribution is 0.830. The van der Waals surface area contributed by atoms with E-state index in [1.54, 1.807) is 0 Å². The lowest BCUT2D eigenvalue weighted by atomic mass is 9.75. The van der Waals surface area contributed by atoms with Crippen LogP contribution in [-0.4, -0.2) is 22.2 Å². The third kappa shape index (κ3) is 5.19. The summed E-state index contributed by atoms with van der Waals surface area (Å²) in [6.45, 7) is 2.25. The second-order valence-electron chi connectivity index (χ2n) is 12.9. The average Bonchev–Trinajstić information content (AvgIpc) is 3.49. The number of hydrogen-bond donors (Lipinski definition) is 0. The third-order valence-electron chi connectivity index (χ3n) is 9.66. The smallest absolute Gasteiger partial charge is 0.160 e. The quantitative estimate of drug-likeness (QED) is 0.185. The third-order valence-corrected chi connectivity index (χ3v) is 9.66. The molecule has 9 rings (SSSR count). The van der Waals surface area contributed by atoms with E-state index in [1.807, 2.05) is 48.5 Å². The first-order chi connectivity index (χ1) is 24.6. The molecule has 4 nitrogen and oxygen atoms in total. The summed E-state index contributed by atoms with van der Waals surface area (Å²) in [5.74, 6) is 0.675. The van der Waals surface area contributed by atoms with Gasteiger partial charge in [0.15, 0.2) is 5.84 Å². The lowest BCUT2D eigenvalue weighted by Crippen LogP contribution is -2.28. The van der Waals surface area contributed by atoms with Crippen molar-refractivity contribution in [3.05, 3.63) is 198 Å². The van der Waals surface area contributed by atoms with Gasteiger partial charge in [0.1, 0.15) is 0 Å². The first kappa shape index (κ1) is 29.6. The number of aromatic nitrogens is 1. The van der Waals surface area contributed by atoms with Crippen LogP contribution in [-0.2, 0) is 5.41 Å². The number of benzene rings is 5. The van der Waals surface area contributed by atoms with Gasteiger partial charge in [-0.2, -0.15) is 0 Å². The molecule has 0 fully saturated rings. The largest absolute Gasteiger partial charge is 0.251 e. The van der Waals surface area contributed by atoms with E-state index >= 15 is 0 Å². The van der Waals surface area contributed by atoms with Crippen LogP contribution < -0.4 is 0 Å². The topological polar surface area (TPSA) is 50.0 Å². The Morgan fingerprint density at radius 3 is 2.04 bits per heavy atom. The first-order valence-electron chi connectivity index (χ1n) is 16.9. The molecule has 5 aromatic carbocycles. The highest BCUT2D eigenvalue weighted by Gasteiger charge is 2.40. The number of para-hydroxylation sites is 1. The van der Waals surface area contributed by atoms with Crippen molar-refractivity contribution in [2.24, 2.45) is 15.0 Å². The van der Waals surface area contributed by atoms with E-state index in [-0.39, 0.29) is 5.41 Å². The molecule has 6 aromatic rings. The Balaban J connectivity index is 1.08. The fraction of sp³-hybridized carbons (Fsp3) is 0.0435. The van der Waals surface area contributed by atoms with Crippen molar-refractivity contribution in [1.82, 2.24) is 4.98 Å². The van der Waals surface area contributed by atoms with Crippen molar-refractivity contribution in [2.45, 2.75) is 12.3 Å². The molecule has 0 amide bonds. The molecule has 50 heavy (non-hydrogen) atoms. The predicted octanol–water partition coefficient (Wildman–Crippen LogP) is 10.9. The van der Waals surface area contributed by atoms with Crippen molar-refractivity contribution in [3.63, 3.8) is 0 Å². The van der Waals surface area contributed by atoms with E-state index < -0.39 is 0 Å². The molecule has 2 aliphatic heterocycles. The zero-order valence-electron chi connectivity index (χ0n) is 27.5. The predicted molar refractivity (Wildman–Crippen MR) is 208 cm³/mol. The summed E-state index contributed by atoms with van der Waals surface area (Å²) in [6.07, 6.45) is 14.7. The van der Waals surface area contributed by atoms with E-state index in [9.17, 15) is 0 Å². The molecule has 0 bridgehead atoms. The molecule has 0 radical (unpaired) electrons. The number of hydrogen-bond acceptors (Lipinski definition) is 4. The number of aliphatic imine (C=N–C) groups is 3. The highest BCUT2D eigenvalue weighted by molar-refractivity contribution is 6.18. The number of rotatable bonds is 5. The molecule has 0 saturated heterocycles. The van der Waals surface area contributed by atoms with Crippen LogP contribution in [0, 0.1) is 0 Å². The van der Waals surface area contributed by atoms with Crippen LogP contribution in [0.5, 0.6) is 0 Å². The molecule has 0 N–H and O–H groups in total. The number of amidine groups is 1. The van der Waals surface area contributed by atoms with E-state index in [4.69, 9.17) is 20.0 Å². The zero-order chi connectivity index (χ0) is 33.5. The van der Waals surface area contributed by atoms with Crippen molar-refractivity contribution in [1.29, 1.82) is 0 Å². The maximum absolute atomic E-state index is 5.23. The SMILES string of the molecule is C[C@]12C=CC=CC1=Nc1c2c(-c2ccc(-c3cccc(C4=C/C=C/C(c5ccccc5)=NC(c5ccccc5)=N4)c3)cc2)nc2ccccc12. The van der Waals surface area contributed by atoms with E-state index in [1.165, 1.54) is 0 Å². The van der Waals surface area contributed by atoms with Crippen LogP contribution in [0.2, 0.25) is 0 Å². The van der Waals surface area contributed by atoms with Crippen molar-refractivity contribution >= 4 is 39.5 Å². The summed E-state index contributed by atoms with van der Waals surface area (Å²) in [7, 11) is 0. The van der Waals surface area contributed by atoms with Gasteiger partial charge >= 0.3 is 0 Å². The monoisotopic (exact) mass is 640 g/mol. The van der Waals surface area contributed by atoms with Crippen LogP contribution in [0.4, 0.5) is 5.69 Å².